The van der Waals surface area contributed by atoms with Crippen LogP contribution in [0.1, 0.15) is 61.8 Å². The normalized spacial score (nSPS) is 19.6. The zero-order valence-electron chi connectivity index (χ0n) is 17.6. The van der Waals surface area contributed by atoms with Crippen molar-refractivity contribution in [2.24, 2.45) is 11.8 Å². The van der Waals surface area contributed by atoms with Gasteiger partial charge in [0, 0.05) is 5.56 Å². The maximum absolute atomic E-state index is 13.2. The topological polar surface area (TPSA) is 115 Å². The minimum atomic E-state index is -0.924. The lowest BCUT2D eigenvalue weighted by molar-refractivity contribution is -0.146. The average Bonchev–Trinajstić information content (AvgIpc) is 3.38. The third-order valence-corrected chi connectivity index (χ3v) is 6.29. The van der Waals surface area contributed by atoms with Gasteiger partial charge in [0.05, 0.1) is 28.9 Å². The molecule has 31 heavy (non-hydrogen) atoms. The molecule has 0 bridgehead atoms. The first-order valence-electron chi connectivity index (χ1n) is 10.7. The molecule has 2 aromatic carbocycles. The second-order valence-corrected chi connectivity index (χ2v) is 8.59. The van der Waals surface area contributed by atoms with Gasteiger partial charge in [-0.1, -0.05) is 56.7 Å². The monoisotopic (exact) mass is 421 g/mol. The number of carbonyl (C=O) groups excluding carboxylic acids is 1. The van der Waals surface area contributed by atoms with Crippen LogP contribution in [0, 0.1) is 11.8 Å². The van der Waals surface area contributed by atoms with E-state index >= 15 is 0 Å². The molecule has 3 aromatic rings. The molecule has 3 atom stereocenters. The number of benzene rings is 2. The molecule has 0 unspecified atom stereocenters. The Morgan fingerprint density at radius 1 is 1.00 bits per heavy atom. The number of hydrogen-bond donors (Lipinski definition) is 4. The molecule has 4 N–H and O–H groups in total. The maximum atomic E-state index is 13.2. The smallest absolute Gasteiger partial charge is 0.323 e. The Labute approximate surface area is 179 Å². The summed E-state index contributed by atoms with van der Waals surface area (Å²) < 4.78 is 0. The fourth-order valence-corrected chi connectivity index (χ4v) is 4.55. The van der Waals surface area contributed by atoms with Gasteiger partial charge < -0.3 is 20.4 Å². The number of imidazole rings is 1. The lowest BCUT2D eigenvalue weighted by atomic mass is 9.91. The summed E-state index contributed by atoms with van der Waals surface area (Å²) in [5, 5.41) is 12.6. The molecule has 1 aromatic heterocycles. The lowest BCUT2D eigenvalue weighted by Crippen LogP contribution is -2.38. The Balaban J connectivity index is 1.74. The van der Waals surface area contributed by atoms with Crippen molar-refractivity contribution in [1.29, 1.82) is 0 Å². The Morgan fingerprint density at radius 3 is 2.35 bits per heavy atom. The number of para-hydroxylation sites is 1. The summed E-state index contributed by atoms with van der Waals surface area (Å²) in [6, 6.07) is 13.0. The molecule has 1 fully saturated rings. The van der Waals surface area contributed by atoms with Gasteiger partial charge in [-0.2, -0.15) is 0 Å². The van der Waals surface area contributed by atoms with E-state index in [1.807, 2.05) is 36.4 Å². The van der Waals surface area contributed by atoms with Crippen LogP contribution in [0.25, 0.3) is 11.0 Å². The molecule has 7 nitrogen and oxygen atoms in total. The lowest BCUT2D eigenvalue weighted by Gasteiger charge is -2.24. The third kappa shape index (κ3) is 4.13. The van der Waals surface area contributed by atoms with Gasteiger partial charge in [0.15, 0.2) is 0 Å². The van der Waals surface area contributed by atoms with Gasteiger partial charge in [-0.3, -0.25) is 9.59 Å². The average molecular weight is 421 g/mol. The number of carboxylic acid groups (broad SMARTS) is 1. The summed E-state index contributed by atoms with van der Waals surface area (Å²) in [5.41, 5.74) is 3.79. The highest BCUT2D eigenvalue weighted by molar-refractivity contribution is 5.87. The summed E-state index contributed by atoms with van der Waals surface area (Å²) >= 11 is 0. The molecule has 4 rings (SSSR count). The number of hydrogen-bond acceptors (Lipinski definition) is 3. The molecule has 1 aliphatic carbocycles. The highest BCUT2D eigenvalue weighted by Crippen LogP contribution is 2.34. The van der Waals surface area contributed by atoms with Crippen LogP contribution in [-0.4, -0.2) is 27.0 Å². The molecule has 162 valence electrons. The van der Waals surface area contributed by atoms with Crippen molar-refractivity contribution in [3.8, 4) is 0 Å². The fraction of sp³-hybridized carbons (Fsp3) is 0.375. The van der Waals surface area contributed by atoms with E-state index in [1.54, 1.807) is 6.07 Å². The van der Waals surface area contributed by atoms with Crippen LogP contribution in [0.4, 0.5) is 0 Å². The van der Waals surface area contributed by atoms with Crippen LogP contribution in [0.15, 0.2) is 47.3 Å². The molecular weight excluding hydrogens is 394 g/mol. The van der Waals surface area contributed by atoms with Crippen LogP contribution < -0.4 is 11.0 Å². The minimum absolute atomic E-state index is 0.266. The van der Waals surface area contributed by atoms with E-state index in [0.29, 0.717) is 29.8 Å². The molecule has 1 saturated carbocycles. The second-order valence-electron chi connectivity index (χ2n) is 8.59. The van der Waals surface area contributed by atoms with Crippen LogP contribution in [0.2, 0.25) is 0 Å². The molecule has 1 heterocycles. The Bertz CT molecular complexity index is 1160. The molecule has 0 saturated heterocycles. The molecule has 0 spiro atoms. The van der Waals surface area contributed by atoms with Crippen LogP contribution in [0.5, 0.6) is 0 Å². The minimum Gasteiger partial charge on any atom is -0.481 e. The molecule has 0 radical (unpaired) electrons. The van der Waals surface area contributed by atoms with Crippen molar-refractivity contribution in [3.05, 3.63) is 69.6 Å². The molecule has 7 heteroatoms. The van der Waals surface area contributed by atoms with Gasteiger partial charge in [-0.15, -0.1) is 0 Å². The number of aromatic amines is 2. The van der Waals surface area contributed by atoms with Crippen molar-refractivity contribution >= 4 is 22.9 Å². The molecule has 1 aliphatic rings. The number of carboxylic acids is 1. The molecule has 1 amide bonds. The van der Waals surface area contributed by atoms with Crippen molar-refractivity contribution < 1.29 is 14.7 Å². The SMILES string of the molecule is CC(C)c1ccc([C@@H](NC(=O)[C@@H]2CCC[C@@H]2C(=O)O)c2cccc3[nH]c(=O)[nH]c23)cc1. The summed E-state index contributed by atoms with van der Waals surface area (Å²) in [5.74, 6) is -2.03. The van der Waals surface area contributed by atoms with Crippen molar-refractivity contribution in [1.82, 2.24) is 15.3 Å². The van der Waals surface area contributed by atoms with Gasteiger partial charge in [0.1, 0.15) is 0 Å². The van der Waals surface area contributed by atoms with E-state index in [1.165, 1.54) is 5.56 Å². The standard InChI is InChI=1S/C24H27N3O4/c1-13(2)14-9-11-15(12-10-14)20(18-7-4-8-19-21(18)27-24(31)25-19)26-22(28)16-5-3-6-17(16)23(29)30/h4,7-13,16-17,20H,3,5-6H2,1-2H3,(H,26,28)(H,29,30)(H2,25,27,31)/t16-,17+,20-/m1/s1. The zero-order chi connectivity index (χ0) is 22.1. The van der Waals surface area contributed by atoms with Gasteiger partial charge in [-0.05, 0) is 36.0 Å². The maximum Gasteiger partial charge on any atom is 0.323 e. The second kappa shape index (κ2) is 8.41. The number of fused-ring (bicyclic) bond motifs is 1. The number of aliphatic carboxylic acids is 1. The zero-order valence-corrected chi connectivity index (χ0v) is 17.6. The predicted molar refractivity (Wildman–Crippen MR) is 118 cm³/mol. The van der Waals surface area contributed by atoms with Gasteiger partial charge in [0.2, 0.25) is 5.91 Å². The molecular formula is C24H27N3O4. The number of rotatable bonds is 6. The van der Waals surface area contributed by atoms with E-state index in [-0.39, 0.29) is 11.6 Å². The highest BCUT2D eigenvalue weighted by Gasteiger charge is 2.38. The number of aromatic nitrogens is 2. The quantitative estimate of drug-likeness (QED) is 0.486. The predicted octanol–water partition coefficient (Wildman–Crippen LogP) is 3.69. The first kappa shape index (κ1) is 20.9. The van der Waals surface area contributed by atoms with Crippen molar-refractivity contribution in [3.63, 3.8) is 0 Å². The molecule has 0 aliphatic heterocycles. The largest absolute Gasteiger partial charge is 0.481 e. The fourth-order valence-electron chi connectivity index (χ4n) is 4.55. The van der Waals surface area contributed by atoms with Crippen LogP contribution in [0.3, 0.4) is 0 Å². The van der Waals surface area contributed by atoms with Crippen LogP contribution in [-0.2, 0) is 9.59 Å². The number of carbonyl (C=O) groups is 2. The van der Waals surface area contributed by atoms with E-state index in [2.05, 4.69) is 29.1 Å². The Morgan fingerprint density at radius 2 is 1.68 bits per heavy atom. The van der Waals surface area contributed by atoms with Crippen molar-refractivity contribution in [2.75, 3.05) is 0 Å². The summed E-state index contributed by atoms with van der Waals surface area (Å²) in [6.07, 6.45) is 1.80. The van der Waals surface area contributed by atoms with Gasteiger partial charge in [-0.25, -0.2) is 4.79 Å². The third-order valence-electron chi connectivity index (χ3n) is 6.29. The Hall–Kier alpha value is -3.35. The highest BCUT2D eigenvalue weighted by atomic mass is 16.4. The first-order valence-corrected chi connectivity index (χ1v) is 10.7. The summed E-state index contributed by atoms with van der Waals surface area (Å²) in [7, 11) is 0. The van der Waals surface area contributed by atoms with E-state index in [9.17, 15) is 19.5 Å². The van der Waals surface area contributed by atoms with E-state index < -0.39 is 23.8 Å². The number of nitrogens with one attached hydrogen (secondary N) is 3. The van der Waals surface area contributed by atoms with Gasteiger partial charge >= 0.3 is 11.7 Å². The van der Waals surface area contributed by atoms with E-state index in [4.69, 9.17) is 0 Å². The number of amides is 1. The number of H-pyrrole nitrogens is 2. The summed E-state index contributed by atoms with van der Waals surface area (Å²) in [4.78, 5) is 42.3. The van der Waals surface area contributed by atoms with E-state index in [0.717, 1.165) is 17.5 Å². The van der Waals surface area contributed by atoms with Gasteiger partial charge in [0.25, 0.3) is 0 Å². The Kier molecular flexibility index (Phi) is 5.67. The van der Waals surface area contributed by atoms with Crippen molar-refractivity contribution in [2.45, 2.75) is 45.1 Å². The van der Waals surface area contributed by atoms with Crippen LogP contribution >= 0.6 is 0 Å². The summed E-state index contributed by atoms with van der Waals surface area (Å²) in [6.45, 7) is 4.23. The first-order chi connectivity index (χ1) is 14.8.